The predicted octanol–water partition coefficient (Wildman–Crippen LogP) is 3.08. The molecule has 2 aromatic heterocycles. The fraction of sp³-hybridized carbons (Fsp3) is 0.346. The first-order valence-electron chi connectivity index (χ1n) is 11.8. The summed E-state index contributed by atoms with van der Waals surface area (Å²) in [5, 5.41) is -0.853. The quantitative estimate of drug-likeness (QED) is 0.238. The second kappa shape index (κ2) is 12.5. The number of sulfone groups is 1. The van der Waals surface area contributed by atoms with E-state index in [1.54, 1.807) is 56.7 Å². The Morgan fingerprint density at radius 1 is 0.974 bits per heavy atom. The second-order valence-corrected chi connectivity index (χ2v) is 11.2. The van der Waals surface area contributed by atoms with Gasteiger partial charge in [0.1, 0.15) is 34.6 Å². The van der Waals surface area contributed by atoms with Gasteiger partial charge >= 0.3 is 0 Å². The number of carbonyl (C=O) groups is 1. The van der Waals surface area contributed by atoms with E-state index in [1.807, 2.05) is 13.8 Å². The van der Waals surface area contributed by atoms with Gasteiger partial charge in [0.05, 0.1) is 25.0 Å². The molecule has 1 amide bonds. The molecule has 2 heterocycles. The van der Waals surface area contributed by atoms with Crippen LogP contribution in [0.3, 0.4) is 0 Å². The Balaban J connectivity index is 1.94. The average Bonchev–Trinajstić information content (AvgIpc) is 2.91. The number of ether oxygens (including phenoxy) is 2. The maximum atomic E-state index is 13.5. The van der Waals surface area contributed by atoms with E-state index in [-0.39, 0.29) is 11.5 Å². The maximum absolute atomic E-state index is 13.5. The number of amides is 1. The molecule has 0 saturated heterocycles. The van der Waals surface area contributed by atoms with Crippen LogP contribution >= 0.6 is 0 Å². The molecule has 3 rings (SSSR count). The van der Waals surface area contributed by atoms with Crippen molar-refractivity contribution in [2.75, 3.05) is 20.0 Å². The van der Waals surface area contributed by atoms with Gasteiger partial charge in [-0.1, -0.05) is 13.0 Å². The highest BCUT2D eigenvalue weighted by molar-refractivity contribution is 7.92. The Kier molecular flexibility index (Phi) is 9.35. The Labute approximate surface area is 222 Å². The summed E-state index contributed by atoms with van der Waals surface area (Å²) in [5.41, 5.74) is 7.45. The molecule has 0 fully saturated rings. The summed E-state index contributed by atoms with van der Waals surface area (Å²) in [5.74, 6) is -0.397. The van der Waals surface area contributed by atoms with Crippen molar-refractivity contribution in [3.63, 3.8) is 0 Å². The van der Waals surface area contributed by atoms with Crippen LogP contribution in [-0.2, 0) is 9.84 Å². The van der Waals surface area contributed by atoms with Gasteiger partial charge in [0.2, 0.25) is 0 Å². The van der Waals surface area contributed by atoms with E-state index < -0.39 is 32.7 Å². The number of carbonyl (C=O) groups excluding carboxylic acids is 1. The summed E-state index contributed by atoms with van der Waals surface area (Å²) >= 11 is 0. The number of aryl methyl sites for hydroxylation is 2. The van der Waals surface area contributed by atoms with Crippen LogP contribution in [0.25, 0.3) is 0 Å². The molecule has 0 aliphatic rings. The van der Waals surface area contributed by atoms with Crippen LogP contribution in [0.1, 0.15) is 47.1 Å². The van der Waals surface area contributed by atoms with Crippen LogP contribution in [0.4, 0.5) is 5.69 Å². The Bertz CT molecular complexity index is 1390. The van der Waals surface area contributed by atoms with Gasteiger partial charge in [-0.15, -0.1) is 0 Å². The van der Waals surface area contributed by atoms with Gasteiger partial charge < -0.3 is 9.47 Å². The highest BCUT2D eigenvalue weighted by Gasteiger charge is 2.31. The number of para-hydroxylation sites is 1. The molecule has 38 heavy (non-hydrogen) atoms. The number of pyridine rings is 1. The van der Waals surface area contributed by atoms with Crippen molar-refractivity contribution in [1.82, 2.24) is 25.8 Å². The number of hydrogen-bond acceptors (Lipinski definition) is 9. The molecule has 12 heteroatoms. The first-order valence-corrected chi connectivity index (χ1v) is 13.5. The molecule has 2 N–H and O–H groups in total. The van der Waals surface area contributed by atoms with Gasteiger partial charge in [-0.2, -0.15) is 0 Å². The summed E-state index contributed by atoms with van der Waals surface area (Å²) in [6, 6.07) is 6.72. The smallest absolute Gasteiger partial charge is 0.271 e. The molecule has 0 unspecified atom stereocenters. The van der Waals surface area contributed by atoms with Crippen LogP contribution in [0.2, 0.25) is 0 Å². The lowest BCUT2D eigenvalue weighted by atomic mass is 10.1. The minimum absolute atomic E-state index is 0.0364. The van der Waals surface area contributed by atoms with E-state index >= 15 is 0 Å². The largest absolute Gasteiger partial charge is 0.494 e. The molecule has 11 nitrogen and oxygen atoms in total. The second-order valence-electron chi connectivity index (χ2n) is 8.82. The molecule has 0 bridgehead atoms. The van der Waals surface area contributed by atoms with Crippen molar-refractivity contribution in [2.24, 2.45) is 4.99 Å². The first-order chi connectivity index (χ1) is 18.1. The molecule has 0 aliphatic carbocycles. The number of nitrogens with zero attached hydrogens (tertiary/aromatic N) is 4. The summed E-state index contributed by atoms with van der Waals surface area (Å²) in [6.07, 6.45) is 6.33. The fourth-order valence-electron chi connectivity index (χ4n) is 3.53. The van der Waals surface area contributed by atoms with E-state index in [1.165, 1.54) is 20.4 Å². The highest BCUT2D eigenvalue weighted by Crippen LogP contribution is 2.37. The average molecular weight is 541 g/mol. The predicted molar refractivity (Wildman–Crippen MR) is 145 cm³/mol. The molecule has 3 aromatic rings. The molecule has 0 aliphatic heterocycles. The monoisotopic (exact) mass is 540 g/mol. The maximum Gasteiger partial charge on any atom is 0.271 e. The Morgan fingerprint density at radius 3 is 2.18 bits per heavy atom. The topological polar surface area (TPSA) is 145 Å². The molecule has 0 radical (unpaired) electrons. The SMILES string of the molecule is COc1cccc(OC)c1N=C(CS(=O)(=O)[C@@H](C)[C@H](C)c1ncc(C)cn1)NNC(=O)c1cncc(C)c1. The Morgan fingerprint density at radius 2 is 1.61 bits per heavy atom. The van der Waals surface area contributed by atoms with E-state index in [2.05, 4.69) is 30.8 Å². The van der Waals surface area contributed by atoms with Crippen molar-refractivity contribution in [3.05, 3.63) is 71.6 Å². The first kappa shape index (κ1) is 28.5. The van der Waals surface area contributed by atoms with E-state index in [9.17, 15) is 13.2 Å². The lowest BCUT2D eigenvalue weighted by Gasteiger charge is -2.21. The van der Waals surface area contributed by atoms with Crippen LogP contribution in [-0.4, -0.2) is 60.3 Å². The lowest BCUT2D eigenvalue weighted by Crippen LogP contribution is -2.45. The summed E-state index contributed by atoms with van der Waals surface area (Å²) < 4.78 is 37.8. The third-order valence-corrected chi connectivity index (χ3v) is 8.14. The van der Waals surface area contributed by atoms with Gasteiger partial charge in [-0.05, 0) is 50.1 Å². The number of hydrazine groups is 1. The van der Waals surface area contributed by atoms with E-state index in [4.69, 9.17) is 9.47 Å². The minimum Gasteiger partial charge on any atom is -0.494 e. The highest BCUT2D eigenvalue weighted by atomic mass is 32.2. The number of hydrogen-bond donors (Lipinski definition) is 2. The minimum atomic E-state index is -3.81. The molecule has 1 aromatic carbocycles. The Hall–Kier alpha value is -4.06. The molecule has 0 spiro atoms. The number of methoxy groups -OCH3 is 2. The molecular weight excluding hydrogens is 508 g/mol. The third-order valence-electron chi connectivity index (χ3n) is 5.92. The van der Waals surface area contributed by atoms with Gasteiger partial charge in [0, 0.05) is 30.7 Å². The molecule has 2 atom stereocenters. The van der Waals surface area contributed by atoms with Gasteiger partial charge in [0.25, 0.3) is 5.91 Å². The van der Waals surface area contributed by atoms with Crippen molar-refractivity contribution in [1.29, 1.82) is 0 Å². The van der Waals surface area contributed by atoms with Crippen molar-refractivity contribution in [3.8, 4) is 11.5 Å². The van der Waals surface area contributed by atoms with Crippen LogP contribution < -0.4 is 20.3 Å². The summed E-state index contributed by atoms with van der Waals surface area (Å²) in [6.45, 7) is 7.02. The van der Waals surface area contributed by atoms with Crippen LogP contribution in [0.15, 0.2) is 54.0 Å². The summed E-state index contributed by atoms with van der Waals surface area (Å²) in [4.78, 5) is 29.8. The standard InChI is InChI=1S/C26H32N6O5S/c1-16-10-20(14-27-11-16)26(33)32-31-23(30-24-21(36-5)8-7-9-22(24)37-6)15-38(34,35)19(4)18(3)25-28-12-17(2)13-29-25/h7-14,18-19H,15H2,1-6H3,(H,30,31)(H,32,33)/t18-,19-/m0/s1. The summed E-state index contributed by atoms with van der Waals surface area (Å²) in [7, 11) is -0.879. The number of benzene rings is 1. The molecule has 202 valence electrons. The zero-order valence-corrected chi connectivity index (χ0v) is 23.0. The van der Waals surface area contributed by atoms with Crippen molar-refractivity contribution in [2.45, 2.75) is 38.9 Å². The van der Waals surface area contributed by atoms with Crippen molar-refractivity contribution < 1.29 is 22.7 Å². The lowest BCUT2D eigenvalue weighted by molar-refractivity contribution is 0.0943. The van der Waals surface area contributed by atoms with E-state index in [0.717, 1.165) is 11.1 Å². The number of aliphatic imine (C=N–C) groups is 1. The van der Waals surface area contributed by atoms with Gasteiger partial charge in [0.15, 0.2) is 9.84 Å². The van der Waals surface area contributed by atoms with Crippen LogP contribution in [0, 0.1) is 13.8 Å². The van der Waals surface area contributed by atoms with Crippen LogP contribution in [0.5, 0.6) is 11.5 Å². The number of nitrogens with one attached hydrogen (secondary N) is 2. The number of aromatic nitrogens is 3. The van der Waals surface area contributed by atoms with E-state index in [0.29, 0.717) is 22.9 Å². The zero-order valence-electron chi connectivity index (χ0n) is 22.2. The third kappa shape index (κ3) is 7.03. The molecular formula is C26H32N6O5S. The molecule has 0 saturated carbocycles. The normalized spacial score (nSPS) is 13.4. The van der Waals surface area contributed by atoms with Gasteiger partial charge in [-0.3, -0.25) is 20.6 Å². The number of rotatable bonds is 9. The van der Waals surface area contributed by atoms with Gasteiger partial charge in [-0.25, -0.2) is 23.4 Å². The fourth-order valence-corrected chi connectivity index (χ4v) is 5.06. The zero-order chi connectivity index (χ0) is 27.9. The number of amidine groups is 1. The van der Waals surface area contributed by atoms with Crippen molar-refractivity contribution >= 4 is 27.3 Å².